The summed E-state index contributed by atoms with van der Waals surface area (Å²) in [5, 5.41) is 9.40. The second-order valence-corrected chi connectivity index (χ2v) is 7.63. The number of hydrogen-bond donors (Lipinski definition) is 2. The third-order valence-electron chi connectivity index (χ3n) is 4.10. The molecule has 0 bridgehead atoms. The standard InChI is InChI=1S/C21H16FNO4S/c1-2-14-3-10-18(11-4-14)28(26,27)23-20-13-16(7-12-19(20)21(24)25)15-5-8-17(22)9-6-15/h2-13,23H,1H2,(H,24,25). The van der Waals surface area contributed by atoms with E-state index < -0.39 is 21.8 Å². The van der Waals surface area contributed by atoms with Gasteiger partial charge in [0.05, 0.1) is 16.1 Å². The van der Waals surface area contributed by atoms with E-state index in [0.29, 0.717) is 11.1 Å². The Balaban J connectivity index is 2.02. The van der Waals surface area contributed by atoms with Gasteiger partial charge in [-0.3, -0.25) is 4.72 Å². The van der Waals surface area contributed by atoms with Crippen molar-refractivity contribution in [1.82, 2.24) is 0 Å². The van der Waals surface area contributed by atoms with Crippen molar-refractivity contribution in [3.05, 3.63) is 90.3 Å². The SMILES string of the molecule is C=Cc1ccc(S(=O)(=O)Nc2cc(-c3ccc(F)cc3)ccc2C(=O)O)cc1. The van der Waals surface area contributed by atoms with Gasteiger partial charge >= 0.3 is 5.97 Å². The van der Waals surface area contributed by atoms with E-state index in [1.165, 1.54) is 54.6 Å². The van der Waals surface area contributed by atoms with Crippen molar-refractivity contribution in [1.29, 1.82) is 0 Å². The maximum atomic E-state index is 13.1. The lowest BCUT2D eigenvalue weighted by Gasteiger charge is -2.13. The Hall–Kier alpha value is -3.45. The lowest BCUT2D eigenvalue weighted by atomic mass is 10.0. The first-order valence-corrected chi connectivity index (χ1v) is 9.67. The Labute approximate surface area is 161 Å². The Bertz CT molecular complexity index is 1140. The number of benzene rings is 3. The van der Waals surface area contributed by atoms with E-state index in [1.54, 1.807) is 18.2 Å². The first-order chi connectivity index (χ1) is 13.3. The number of nitrogens with one attached hydrogen (secondary N) is 1. The zero-order valence-corrected chi connectivity index (χ0v) is 15.4. The van der Waals surface area contributed by atoms with Crippen LogP contribution in [0.25, 0.3) is 17.2 Å². The summed E-state index contributed by atoms with van der Waals surface area (Å²) < 4.78 is 40.9. The van der Waals surface area contributed by atoms with E-state index in [-0.39, 0.29) is 16.1 Å². The average molecular weight is 397 g/mol. The van der Waals surface area contributed by atoms with Crippen molar-refractivity contribution in [3.63, 3.8) is 0 Å². The number of aromatic carboxylic acids is 1. The molecule has 0 fully saturated rings. The molecule has 142 valence electrons. The summed E-state index contributed by atoms with van der Waals surface area (Å²) in [6.45, 7) is 3.61. The Morgan fingerprint density at radius 1 is 0.964 bits per heavy atom. The summed E-state index contributed by atoms with van der Waals surface area (Å²) in [6, 6.07) is 15.8. The highest BCUT2D eigenvalue weighted by molar-refractivity contribution is 7.92. The predicted octanol–water partition coefficient (Wildman–Crippen LogP) is 4.63. The molecular formula is C21H16FNO4S. The molecule has 0 spiro atoms. The molecule has 0 radical (unpaired) electrons. The molecule has 0 unspecified atom stereocenters. The smallest absolute Gasteiger partial charge is 0.337 e. The molecule has 0 atom stereocenters. The molecule has 0 aliphatic carbocycles. The number of sulfonamides is 1. The fourth-order valence-electron chi connectivity index (χ4n) is 2.62. The molecule has 0 heterocycles. The second kappa shape index (κ2) is 7.66. The number of carboxylic acid groups (broad SMARTS) is 1. The maximum Gasteiger partial charge on any atom is 0.337 e. The molecule has 0 saturated heterocycles. The third-order valence-corrected chi connectivity index (χ3v) is 5.48. The number of halogens is 1. The molecule has 3 aromatic rings. The van der Waals surface area contributed by atoms with Crippen molar-refractivity contribution >= 4 is 27.8 Å². The van der Waals surface area contributed by atoms with E-state index in [1.807, 2.05) is 0 Å². The monoisotopic (exact) mass is 397 g/mol. The molecule has 0 aliphatic rings. The van der Waals surface area contributed by atoms with Gasteiger partial charge in [-0.05, 0) is 53.1 Å². The van der Waals surface area contributed by atoms with Gasteiger partial charge in [0.25, 0.3) is 10.0 Å². The first-order valence-electron chi connectivity index (χ1n) is 8.19. The second-order valence-electron chi connectivity index (χ2n) is 5.95. The van der Waals surface area contributed by atoms with Crippen LogP contribution in [-0.4, -0.2) is 19.5 Å². The molecule has 0 saturated carbocycles. The van der Waals surface area contributed by atoms with Crippen LogP contribution in [0, 0.1) is 5.82 Å². The van der Waals surface area contributed by atoms with Crippen LogP contribution in [0.5, 0.6) is 0 Å². The fourth-order valence-corrected chi connectivity index (χ4v) is 3.69. The summed E-state index contributed by atoms with van der Waals surface area (Å²) in [6.07, 6.45) is 1.58. The lowest BCUT2D eigenvalue weighted by Crippen LogP contribution is -2.15. The van der Waals surface area contributed by atoms with E-state index in [0.717, 1.165) is 5.56 Å². The number of hydrogen-bond acceptors (Lipinski definition) is 3. The van der Waals surface area contributed by atoms with E-state index in [4.69, 9.17) is 0 Å². The van der Waals surface area contributed by atoms with Crippen LogP contribution in [0.1, 0.15) is 15.9 Å². The summed E-state index contributed by atoms with van der Waals surface area (Å²) >= 11 is 0. The molecule has 0 aliphatic heterocycles. The number of anilines is 1. The lowest BCUT2D eigenvalue weighted by molar-refractivity contribution is 0.0698. The third kappa shape index (κ3) is 4.10. The summed E-state index contributed by atoms with van der Waals surface area (Å²) in [5.74, 6) is -1.68. The predicted molar refractivity (Wildman–Crippen MR) is 106 cm³/mol. The molecule has 0 amide bonds. The molecule has 0 aromatic heterocycles. The first kappa shape index (κ1) is 19.3. The molecule has 2 N–H and O–H groups in total. The van der Waals surface area contributed by atoms with Crippen molar-refractivity contribution in [3.8, 4) is 11.1 Å². The Morgan fingerprint density at radius 2 is 1.57 bits per heavy atom. The largest absolute Gasteiger partial charge is 0.478 e. The highest BCUT2D eigenvalue weighted by atomic mass is 32.2. The highest BCUT2D eigenvalue weighted by Crippen LogP contribution is 2.28. The fraction of sp³-hybridized carbons (Fsp3) is 0. The van der Waals surface area contributed by atoms with Crippen LogP contribution in [0.15, 0.2) is 78.2 Å². The van der Waals surface area contributed by atoms with Crippen molar-refractivity contribution in [2.45, 2.75) is 4.90 Å². The highest BCUT2D eigenvalue weighted by Gasteiger charge is 2.19. The zero-order chi connectivity index (χ0) is 20.3. The van der Waals surface area contributed by atoms with Gasteiger partial charge in [0.1, 0.15) is 5.82 Å². The van der Waals surface area contributed by atoms with Gasteiger partial charge in [0, 0.05) is 0 Å². The molecule has 28 heavy (non-hydrogen) atoms. The number of carboxylic acids is 1. The van der Waals surface area contributed by atoms with Crippen LogP contribution in [-0.2, 0) is 10.0 Å². The van der Waals surface area contributed by atoms with E-state index in [2.05, 4.69) is 11.3 Å². The summed E-state index contributed by atoms with van der Waals surface area (Å²) in [7, 11) is -4.01. The van der Waals surface area contributed by atoms with Gasteiger partial charge in [0.15, 0.2) is 0 Å². The average Bonchev–Trinajstić information content (AvgIpc) is 2.68. The normalized spacial score (nSPS) is 11.0. The topological polar surface area (TPSA) is 83.5 Å². The van der Waals surface area contributed by atoms with Crippen LogP contribution < -0.4 is 4.72 Å². The van der Waals surface area contributed by atoms with Gasteiger partial charge in [-0.15, -0.1) is 0 Å². The van der Waals surface area contributed by atoms with Gasteiger partial charge in [-0.1, -0.05) is 43.0 Å². The van der Waals surface area contributed by atoms with E-state index in [9.17, 15) is 22.7 Å². The number of rotatable bonds is 6. The molecule has 5 nitrogen and oxygen atoms in total. The minimum Gasteiger partial charge on any atom is -0.478 e. The van der Waals surface area contributed by atoms with Crippen LogP contribution in [0.2, 0.25) is 0 Å². The Morgan fingerprint density at radius 3 is 2.14 bits per heavy atom. The Kier molecular flexibility index (Phi) is 5.28. The van der Waals surface area contributed by atoms with Gasteiger partial charge in [-0.25, -0.2) is 17.6 Å². The molecule has 3 rings (SSSR count). The summed E-state index contributed by atoms with van der Waals surface area (Å²) in [5.41, 5.74) is 1.64. The minimum absolute atomic E-state index is 0.0124. The quantitative estimate of drug-likeness (QED) is 0.635. The van der Waals surface area contributed by atoms with Crippen molar-refractivity contribution in [2.24, 2.45) is 0 Å². The van der Waals surface area contributed by atoms with E-state index >= 15 is 0 Å². The van der Waals surface area contributed by atoms with Crippen molar-refractivity contribution in [2.75, 3.05) is 4.72 Å². The van der Waals surface area contributed by atoms with Gasteiger partial charge in [-0.2, -0.15) is 0 Å². The number of carbonyl (C=O) groups is 1. The van der Waals surface area contributed by atoms with Crippen LogP contribution in [0.4, 0.5) is 10.1 Å². The molecular weight excluding hydrogens is 381 g/mol. The maximum absolute atomic E-state index is 13.1. The van der Waals surface area contributed by atoms with Crippen LogP contribution in [0.3, 0.4) is 0 Å². The van der Waals surface area contributed by atoms with Crippen LogP contribution >= 0.6 is 0 Å². The minimum atomic E-state index is -4.01. The van der Waals surface area contributed by atoms with Gasteiger partial charge in [0.2, 0.25) is 0 Å². The molecule has 3 aromatic carbocycles. The van der Waals surface area contributed by atoms with Crippen molar-refractivity contribution < 1.29 is 22.7 Å². The van der Waals surface area contributed by atoms with Gasteiger partial charge < -0.3 is 5.11 Å². The summed E-state index contributed by atoms with van der Waals surface area (Å²) in [4.78, 5) is 11.5. The molecule has 7 heteroatoms. The zero-order valence-electron chi connectivity index (χ0n) is 14.6.